The van der Waals surface area contributed by atoms with Crippen molar-refractivity contribution < 1.29 is 0 Å². The van der Waals surface area contributed by atoms with Crippen molar-refractivity contribution >= 4 is 17.0 Å². The average molecular weight is 260 g/mol. The second-order valence-corrected chi connectivity index (χ2v) is 5.65. The minimum atomic E-state index is 0.979. The van der Waals surface area contributed by atoms with Gasteiger partial charge >= 0.3 is 0 Å². The summed E-state index contributed by atoms with van der Waals surface area (Å²) in [6.07, 6.45) is 0. The summed E-state index contributed by atoms with van der Waals surface area (Å²) in [7, 11) is 4.13. The number of hydrogen-bond donors (Lipinski definition) is 1. The molecule has 18 heavy (non-hydrogen) atoms. The molecule has 0 fully saturated rings. The third-order valence-electron chi connectivity index (χ3n) is 3.05. The molecule has 0 spiro atoms. The van der Waals surface area contributed by atoms with E-state index in [4.69, 9.17) is 0 Å². The standard InChI is InChI=1S/C15H20N2S/c1-12-7-8-18-15(12)11-17(3)10-13-5-4-6-14(9-13)16-2/h4-9,16H,10-11H2,1-3H3. The molecule has 0 amide bonds. The van der Waals surface area contributed by atoms with Gasteiger partial charge in [0.1, 0.15) is 0 Å². The molecule has 1 heterocycles. The highest BCUT2D eigenvalue weighted by Gasteiger charge is 2.05. The van der Waals surface area contributed by atoms with Gasteiger partial charge in [0.2, 0.25) is 0 Å². The highest BCUT2D eigenvalue weighted by atomic mass is 32.1. The van der Waals surface area contributed by atoms with Crippen LogP contribution in [0.1, 0.15) is 16.0 Å². The normalized spacial score (nSPS) is 10.9. The van der Waals surface area contributed by atoms with Crippen molar-refractivity contribution in [2.75, 3.05) is 19.4 Å². The van der Waals surface area contributed by atoms with Crippen molar-refractivity contribution in [1.82, 2.24) is 4.90 Å². The van der Waals surface area contributed by atoms with Crippen LogP contribution in [0.3, 0.4) is 0 Å². The highest BCUT2D eigenvalue weighted by molar-refractivity contribution is 7.10. The van der Waals surface area contributed by atoms with Gasteiger partial charge in [0.05, 0.1) is 0 Å². The van der Waals surface area contributed by atoms with Crippen molar-refractivity contribution in [2.24, 2.45) is 0 Å². The Hall–Kier alpha value is -1.32. The van der Waals surface area contributed by atoms with Crippen LogP contribution >= 0.6 is 11.3 Å². The quantitative estimate of drug-likeness (QED) is 0.881. The molecule has 0 radical (unpaired) electrons. The van der Waals surface area contributed by atoms with Gasteiger partial charge < -0.3 is 5.32 Å². The lowest BCUT2D eigenvalue weighted by atomic mass is 10.2. The second-order valence-electron chi connectivity index (χ2n) is 4.65. The first-order chi connectivity index (χ1) is 8.69. The molecule has 2 nitrogen and oxygen atoms in total. The van der Waals surface area contributed by atoms with E-state index in [2.05, 4.69) is 59.9 Å². The Morgan fingerprint density at radius 3 is 2.72 bits per heavy atom. The second kappa shape index (κ2) is 6.03. The SMILES string of the molecule is CNc1cccc(CN(C)Cc2sccc2C)c1. The number of benzene rings is 1. The van der Waals surface area contributed by atoms with Crippen LogP contribution in [0.2, 0.25) is 0 Å². The van der Waals surface area contributed by atoms with Crippen LogP contribution in [-0.4, -0.2) is 19.0 Å². The van der Waals surface area contributed by atoms with E-state index in [9.17, 15) is 0 Å². The first kappa shape index (κ1) is 13.1. The smallest absolute Gasteiger partial charge is 0.0340 e. The maximum absolute atomic E-state index is 3.18. The van der Waals surface area contributed by atoms with Gasteiger partial charge in [-0.25, -0.2) is 0 Å². The number of nitrogens with zero attached hydrogens (tertiary/aromatic N) is 1. The predicted octanol–water partition coefficient (Wildman–Crippen LogP) is 3.73. The maximum Gasteiger partial charge on any atom is 0.0340 e. The average Bonchev–Trinajstić information content (AvgIpc) is 2.75. The Morgan fingerprint density at radius 1 is 1.22 bits per heavy atom. The summed E-state index contributed by atoms with van der Waals surface area (Å²) in [6, 6.07) is 10.8. The molecule has 2 rings (SSSR count). The molecule has 0 aliphatic carbocycles. The fourth-order valence-electron chi connectivity index (χ4n) is 2.00. The molecule has 2 aromatic rings. The minimum absolute atomic E-state index is 0.979. The van der Waals surface area contributed by atoms with Gasteiger partial charge in [-0.2, -0.15) is 0 Å². The van der Waals surface area contributed by atoms with Gasteiger partial charge in [-0.15, -0.1) is 11.3 Å². The van der Waals surface area contributed by atoms with Crippen LogP contribution in [0.4, 0.5) is 5.69 Å². The van der Waals surface area contributed by atoms with E-state index in [1.165, 1.54) is 21.7 Å². The lowest BCUT2D eigenvalue weighted by Gasteiger charge is -2.17. The van der Waals surface area contributed by atoms with Crippen LogP contribution in [0.5, 0.6) is 0 Å². The molecule has 1 aromatic heterocycles. The molecule has 0 bridgehead atoms. The van der Waals surface area contributed by atoms with Gasteiger partial charge in [-0.05, 0) is 48.7 Å². The third-order valence-corrected chi connectivity index (χ3v) is 4.06. The first-order valence-electron chi connectivity index (χ1n) is 6.17. The lowest BCUT2D eigenvalue weighted by molar-refractivity contribution is 0.321. The molecule has 3 heteroatoms. The first-order valence-corrected chi connectivity index (χ1v) is 7.05. The molecule has 1 aromatic carbocycles. The van der Waals surface area contributed by atoms with Gasteiger partial charge in [0.15, 0.2) is 0 Å². The van der Waals surface area contributed by atoms with Gasteiger partial charge in [-0.3, -0.25) is 4.90 Å². The van der Waals surface area contributed by atoms with Crippen molar-refractivity contribution in [2.45, 2.75) is 20.0 Å². The highest BCUT2D eigenvalue weighted by Crippen LogP contribution is 2.19. The number of rotatable bonds is 5. The van der Waals surface area contributed by atoms with Gasteiger partial charge in [-0.1, -0.05) is 12.1 Å². The summed E-state index contributed by atoms with van der Waals surface area (Å²) in [5, 5.41) is 5.35. The maximum atomic E-state index is 3.18. The molecule has 0 saturated carbocycles. The Morgan fingerprint density at radius 2 is 2.06 bits per heavy atom. The van der Waals surface area contributed by atoms with Crippen LogP contribution < -0.4 is 5.32 Å². The fraction of sp³-hybridized carbons (Fsp3) is 0.333. The molecule has 0 saturated heterocycles. The summed E-state index contributed by atoms with van der Waals surface area (Å²) in [4.78, 5) is 3.82. The molecule has 1 N–H and O–H groups in total. The molecule has 0 aliphatic rings. The summed E-state index contributed by atoms with van der Waals surface area (Å²) in [5.41, 5.74) is 3.92. The van der Waals surface area contributed by atoms with Crippen LogP contribution in [-0.2, 0) is 13.1 Å². The number of thiophene rings is 1. The molecule has 0 aliphatic heterocycles. The Bertz CT molecular complexity index is 505. The zero-order valence-corrected chi connectivity index (χ0v) is 12.1. The van der Waals surface area contributed by atoms with E-state index in [0.717, 1.165) is 13.1 Å². The molecule has 96 valence electrons. The fourth-order valence-corrected chi connectivity index (χ4v) is 2.99. The van der Waals surface area contributed by atoms with Crippen molar-refractivity contribution in [3.8, 4) is 0 Å². The van der Waals surface area contributed by atoms with Crippen LogP contribution in [0.15, 0.2) is 35.7 Å². The zero-order valence-electron chi connectivity index (χ0n) is 11.2. The third kappa shape index (κ3) is 3.34. The van der Waals surface area contributed by atoms with E-state index < -0.39 is 0 Å². The Kier molecular flexibility index (Phi) is 4.39. The number of nitrogens with one attached hydrogen (secondary N) is 1. The van der Waals surface area contributed by atoms with E-state index in [-0.39, 0.29) is 0 Å². The Labute approximate surface area is 113 Å². The molecular weight excluding hydrogens is 240 g/mol. The number of aryl methyl sites for hydroxylation is 1. The van der Waals surface area contributed by atoms with E-state index in [0.29, 0.717) is 0 Å². The lowest BCUT2D eigenvalue weighted by Crippen LogP contribution is -2.17. The largest absolute Gasteiger partial charge is 0.388 e. The van der Waals surface area contributed by atoms with Crippen molar-refractivity contribution in [1.29, 1.82) is 0 Å². The summed E-state index contributed by atoms with van der Waals surface area (Å²) < 4.78 is 0. The van der Waals surface area contributed by atoms with Crippen LogP contribution in [0.25, 0.3) is 0 Å². The summed E-state index contributed by atoms with van der Waals surface area (Å²) in [6.45, 7) is 4.18. The predicted molar refractivity (Wildman–Crippen MR) is 80.2 cm³/mol. The summed E-state index contributed by atoms with van der Waals surface area (Å²) in [5.74, 6) is 0. The minimum Gasteiger partial charge on any atom is -0.388 e. The van der Waals surface area contributed by atoms with Crippen LogP contribution in [0, 0.1) is 6.92 Å². The van der Waals surface area contributed by atoms with Crippen molar-refractivity contribution in [3.63, 3.8) is 0 Å². The van der Waals surface area contributed by atoms with Gasteiger partial charge in [0.25, 0.3) is 0 Å². The van der Waals surface area contributed by atoms with E-state index in [1.54, 1.807) is 0 Å². The Balaban J connectivity index is 1.98. The monoisotopic (exact) mass is 260 g/mol. The number of hydrogen-bond acceptors (Lipinski definition) is 3. The number of anilines is 1. The molecule has 0 atom stereocenters. The van der Waals surface area contributed by atoms with E-state index >= 15 is 0 Å². The van der Waals surface area contributed by atoms with E-state index in [1.807, 2.05) is 18.4 Å². The topological polar surface area (TPSA) is 15.3 Å². The summed E-state index contributed by atoms with van der Waals surface area (Å²) >= 11 is 1.84. The van der Waals surface area contributed by atoms with Crippen molar-refractivity contribution in [3.05, 3.63) is 51.7 Å². The van der Waals surface area contributed by atoms with Gasteiger partial charge in [0, 0.05) is 30.7 Å². The zero-order chi connectivity index (χ0) is 13.0. The molecular formula is C15H20N2S. The molecule has 0 unspecified atom stereocenters.